The number of nitrogens with zero attached hydrogens (tertiary/aromatic N) is 1. The number of carbonyl (C=O) groups excluding carboxylic acids is 1. The molecule has 2 saturated heterocycles. The molecule has 0 bridgehead atoms. The molecule has 2 rings (SSSR count). The molecule has 0 saturated carbocycles. The van der Waals surface area contributed by atoms with Gasteiger partial charge in [0.25, 0.3) is 0 Å². The fourth-order valence-electron chi connectivity index (χ4n) is 1.73. The molecule has 1 N–H and O–H groups in total. The van der Waals surface area contributed by atoms with Crippen LogP contribution < -0.4 is 5.32 Å². The minimum Gasteiger partial charge on any atom is -0.376 e. The Hall–Kier alpha value is -0.650. The Bertz CT molecular complexity index is 216. The largest absolute Gasteiger partial charge is 0.376 e. The molecule has 2 heterocycles. The maximum absolute atomic E-state index is 11.5. The van der Waals surface area contributed by atoms with Gasteiger partial charge in [-0.2, -0.15) is 0 Å². The van der Waals surface area contributed by atoms with Crippen LogP contribution in [0.2, 0.25) is 0 Å². The summed E-state index contributed by atoms with van der Waals surface area (Å²) < 4.78 is 10.7. The summed E-state index contributed by atoms with van der Waals surface area (Å²) in [6.45, 7) is 5.03. The van der Waals surface area contributed by atoms with Crippen LogP contribution in [0.15, 0.2) is 0 Å². The highest BCUT2D eigenvalue weighted by molar-refractivity contribution is 5.83. The van der Waals surface area contributed by atoms with Crippen LogP contribution in [0.5, 0.6) is 0 Å². The highest BCUT2D eigenvalue weighted by atomic mass is 16.6. The van der Waals surface area contributed by atoms with Gasteiger partial charge in [0.2, 0.25) is 5.91 Å². The van der Waals surface area contributed by atoms with Gasteiger partial charge in [0.1, 0.15) is 0 Å². The second kappa shape index (κ2) is 4.25. The van der Waals surface area contributed by atoms with Crippen LogP contribution in [0.25, 0.3) is 0 Å². The Morgan fingerprint density at radius 1 is 1.57 bits per heavy atom. The van der Waals surface area contributed by atoms with Crippen LogP contribution in [-0.2, 0) is 14.3 Å². The number of rotatable bonds is 2. The minimum absolute atomic E-state index is 0.0415. The van der Waals surface area contributed by atoms with E-state index >= 15 is 0 Å². The first-order chi connectivity index (χ1) is 6.77. The average molecular weight is 200 g/mol. The van der Waals surface area contributed by atoms with Gasteiger partial charge in [-0.3, -0.25) is 10.1 Å². The highest BCUT2D eigenvalue weighted by Gasteiger charge is 2.29. The van der Waals surface area contributed by atoms with Gasteiger partial charge in [0.05, 0.1) is 45.2 Å². The number of hydrogen-bond acceptors (Lipinski definition) is 4. The quantitative estimate of drug-likeness (QED) is 0.632. The van der Waals surface area contributed by atoms with Crippen molar-refractivity contribution in [3.63, 3.8) is 0 Å². The van der Waals surface area contributed by atoms with Gasteiger partial charge in [-0.25, -0.2) is 0 Å². The molecule has 80 valence electrons. The first-order valence-corrected chi connectivity index (χ1v) is 4.99. The Labute approximate surface area is 83.3 Å². The van der Waals surface area contributed by atoms with Crippen LogP contribution in [0.1, 0.15) is 6.92 Å². The van der Waals surface area contributed by atoms with Crippen molar-refractivity contribution in [2.24, 2.45) is 0 Å². The molecule has 0 aromatic heterocycles. The highest BCUT2D eigenvalue weighted by Crippen LogP contribution is 2.08. The van der Waals surface area contributed by atoms with Gasteiger partial charge < -0.3 is 14.4 Å². The van der Waals surface area contributed by atoms with Gasteiger partial charge in [-0.05, 0) is 6.92 Å². The number of hydrogen-bond donors (Lipinski definition) is 1. The van der Waals surface area contributed by atoms with E-state index in [2.05, 4.69) is 5.32 Å². The summed E-state index contributed by atoms with van der Waals surface area (Å²) in [5.74, 6) is 0.152. The molecule has 5 heteroatoms. The Morgan fingerprint density at radius 3 is 3.00 bits per heavy atom. The topological polar surface area (TPSA) is 50.8 Å². The first-order valence-electron chi connectivity index (χ1n) is 4.99. The maximum Gasteiger partial charge on any atom is 0.240 e. The molecule has 1 amide bonds. The maximum atomic E-state index is 11.5. The van der Waals surface area contributed by atoms with Gasteiger partial charge in [-0.15, -0.1) is 0 Å². The van der Waals surface area contributed by atoms with Gasteiger partial charge in [-0.1, -0.05) is 0 Å². The molecule has 2 unspecified atom stereocenters. The second-order valence-electron chi connectivity index (χ2n) is 3.71. The van der Waals surface area contributed by atoms with Crippen LogP contribution in [0.4, 0.5) is 0 Å². The Morgan fingerprint density at radius 2 is 2.43 bits per heavy atom. The van der Waals surface area contributed by atoms with E-state index in [9.17, 15) is 4.79 Å². The van der Waals surface area contributed by atoms with Crippen molar-refractivity contribution in [2.45, 2.75) is 19.1 Å². The zero-order chi connectivity index (χ0) is 9.97. The molecule has 0 aliphatic carbocycles. The van der Waals surface area contributed by atoms with Gasteiger partial charge >= 0.3 is 0 Å². The van der Waals surface area contributed by atoms with E-state index in [1.807, 2.05) is 6.92 Å². The third kappa shape index (κ3) is 2.05. The lowest BCUT2D eigenvalue weighted by Crippen LogP contribution is -2.41. The predicted octanol–water partition coefficient (Wildman–Crippen LogP) is -0.820. The standard InChI is InChI=1S/C9H16N2O3/c1-7-9(12)11(6-10-7)4-8-5-13-2-3-14-8/h7-8,10H,2-6H2,1H3. The van der Waals surface area contributed by atoms with Crippen molar-refractivity contribution in [2.75, 3.05) is 33.0 Å². The molecule has 0 aromatic rings. The van der Waals surface area contributed by atoms with Crippen LogP contribution in [0, 0.1) is 0 Å². The van der Waals surface area contributed by atoms with Crippen molar-refractivity contribution in [1.29, 1.82) is 0 Å². The summed E-state index contributed by atoms with van der Waals surface area (Å²) in [5.41, 5.74) is 0. The third-order valence-corrected chi connectivity index (χ3v) is 2.58. The summed E-state index contributed by atoms with van der Waals surface area (Å²) >= 11 is 0. The lowest BCUT2D eigenvalue weighted by atomic mass is 10.3. The van der Waals surface area contributed by atoms with E-state index in [0.29, 0.717) is 33.0 Å². The molecule has 14 heavy (non-hydrogen) atoms. The summed E-state index contributed by atoms with van der Waals surface area (Å²) in [5, 5.41) is 3.09. The SMILES string of the molecule is CC1NCN(CC2COCCO2)C1=O. The molecular weight excluding hydrogens is 184 g/mol. The van der Waals surface area contributed by atoms with Crippen molar-refractivity contribution >= 4 is 5.91 Å². The number of carbonyl (C=O) groups is 1. The van der Waals surface area contributed by atoms with E-state index in [0.717, 1.165) is 0 Å². The van der Waals surface area contributed by atoms with Gasteiger partial charge in [0, 0.05) is 0 Å². The van der Waals surface area contributed by atoms with Crippen LogP contribution in [0.3, 0.4) is 0 Å². The molecular formula is C9H16N2O3. The molecule has 0 aromatic carbocycles. The van der Waals surface area contributed by atoms with E-state index in [-0.39, 0.29) is 18.1 Å². The summed E-state index contributed by atoms with van der Waals surface area (Å²) in [6, 6.07) is -0.0560. The van der Waals surface area contributed by atoms with E-state index in [1.165, 1.54) is 0 Å². The monoisotopic (exact) mass is 200 g/mol. The Kier molecular flexibility index (Phi) is 3.00. The van der Waals surface area contributed by atoms with Crippen molar-refractivity contribution in [3.05, 3.63) is 0 Å². The minimum atomic E-state index is -0.0560. The van der Waals surface area contributed by atoms with E-state index < -0.39 is 0 Å². The van der Waals surface area contributed by atoms with Gasteiger partial charge in [0.15, 0.2) is 0 Å². The molecule has 2 aliphatic rings. The molecule has 2 aliphatic heterocycles. The average Bonchev–Trinajstić information content (AvgIpc) is 2.52. The lowest BCUT2D eigenvalue weighted by Gasteiger charge is -2.26. The molecule has 0 spiro atoms. The summed E-state index contributed by atoms with van der Waals surface area (Å²) in [6.07, 6.45) is 0.0415. The molecule has 2 fully saturated rings. The predicted molar refractivity (Wildman–Crippen MR) is 49.7 cm³/mol. The summed E-state index contributed by atoms with van der Waals surface area (Å²) in [4.78, 5) is 13.3. The third-order valence-electron chi connectivity index (χ3n) is 2.58. The Balaban J connectivity index is 1.82. The normalized spacial score (nSPS) is 33.8. The fourth-order valence-corrected chi connectivity index (χ4v) is 1.73. The van der Waals surface area contributed by atoms with Crippen molar-refractivity contribution < 1.29 is 14.3 Å². The zero-order valence-corrected chi connectivity index (χ0v) is 8.36. The second-order valence-corrected chi connectivity index (χ2v) is 3.71. The van der Waals surface area contributed by atoms with Crippen LogP contribution in [-0.4, -0.2) is 56.0 Å². The van der Waals surface area contributed by atoms with Crippen molar-refractivity contribution in [3.8, 4) is 0 Å². The zero-order valence-electron chi connectivity index (χ0n) is 8.36. The van der Waals surface area contributed by atoms with Crippen LogP contribution >= 0.6 is 0 Å². The fraction of sp³-hybridized carbons (Fsp3) is 0.889. The van der Waals surface area contributed by atoms with Crippen molar-refractivity contribution in [1.82, 2.24) is 10.2 Å². The number of amides is 1. The summed E-state index contributed by atoms with van der Waals surface area (Å²) in [7, 11) is 0. The molecule has 5 nitrogen and oxygen atoms in total. The number of nitrogens with one attached hydrogen (secondary N) is 1. The molecule has 2 atom stereocenters. The molecule has 0 radical (unpaired) electrons. The lowest BCUT2D eigenvalue weighted by molar-refractivity contribution is -0.134. The van der Waals surface area contributed by atoms with E-state index in [4.69, 9.17) is 9.47 Å². The first kappa shape index (κ1) is 9.89. The smallest absolute Gasteiger partial charge is 0.240 e. The number of ether oxygens (including phenoxy) is 2. The van der Waals surface area contributed by atoms with E-state index in [1.54, 1.807) is 4.90 Å².